The molecule has 23 heavy (non-hydrogen) atoms. The summed E-state index contributed by atoms with van der Waals surface area (Å²) in [4.78, 5) is 14.6. The minimum atomic E-state index is -0.953. The maximum Gasteiger partial charge on any atom is 0.230 e. The fourth-order valence-corrected chi connectivity index (χ4v) is 2.52. The molecule has 0 fully saturated rings. The van der Waals surface area contributed by atoms with E-state index in [1.165, 1.54) is 6.07 Å². The molecule has 1 N–H and O–H groups in total. The van der Waals surface area contributed by atoms with Gasteiger partial charge in [0.25, 0.3) is 0 Å². The molecule has 0 aliphatic heterocycles. The molecular weight excluding hydrogens is 295 g/mol. The number of halogens is 1. The third kappa shape index (κ3) is 3.79. The Labute approximate surface area is 136 Å². The second-order valence-corrected chi connectivity index (χ2v) is 6.31. The van der Waals surface area contributed by atoms with Gasteiger partial charge in [-0.15, -0.1) is 0 Å². The van der Waals surface area contributed by atoms with E-state index in [2.05, 4.69) is 5.32 Å². The second-order valence-electron chi connectivity index (χ2n) is 6.31. The highest BCUT2D eigenvalue weighted by Gasteiger charge is 2.32. The molecule has 0 unspecified atom stereocenters. The van der Waals surface area contributed by atoms with E-state index in [-0.39, 0.29) is 17.8 Å². The number of carbonyl (C=O) groups is 1. The number of hydrogen-bond donors (Lipinski definition) is 1. The molecule has 1 aromatic heterocycles. The number of amides is 1. The van der Waals surface area contributed by atoms with Crippen molar-refractivity contribution in [1.82, 2.24) is 10.2 Å². The van der Waals surface area contributed by atoms with Crippen molar-refractivity contribution in [3.8, 4) is 0 Å². The predicted octanol–water partition coefficient (Wildman–Crippen LogP) is 3.12. The van der Waals surface area contributed by atoms with Gasteiger partial charge >= 0.3 is 0 Å². The Hall–Kier alpha value is -2.14. The molecule has 5 heteroatoms. The molecule has 0 bridgehead atoms. The van der Waals surface area contributed by atoms with Crippen LogP contribution in [0.15, 0.2) is 47.1 Å². The summed E-state index contributed by atoms with van der Waals surface area (Å²) < 4.78 is 19.4. The maximum absolute atomic E-state index is 14.0. The molecule has 2 rings (SSSR count). The smallest absolute Gasteiger partial charge is 0.230 e. The normalized spacial score (nSPS) is 13.1. The van der Waals surface area contributed by atoms with Crippen LogP contribution in [0.4, 0.5) is 4.39 Å². The first-order chi connectivity index (χ1) is 10.8. The topological polar surface area (TPSA) is 45.5 Å². The van der Waals surface area contributed by atoms with Crippen molar-refractivity contribution in [2.24, 2.45) is 0 Å². The van der Waals surface area contributed by atoms with E-state index in [0.717, 1.165) is 5.76 Å². The van der Waals surface area contributed by atoms with E-state index >= 15 is 0 Å². The van der Waals surface area contributed by atoms with E-state index < -0.39 is 5.41 Å². The number of benzene rings is 1. The lowest BCUT2D eigenvalue weighted by Gasteiger charge is -2.28. The van der Waals surface area contributed by atoms with Crippen molar-refractivity contribution < 1.29 is 13.6 Å². The minimum Gasteiger partial charge on any atom is -0.468 e. The molecule has 1 heterocycles. The van der Waals surface area contributed by atoms with E-state index in [0.29, 0.717) is 12.1 Å². The van der Waals surface area contributed by atoms with Crippen molar-refractivity contribution in [2.45, 2.75) is 25.3 Å². The summed E-state index contributed by atoms with van der Waals surface area (Å²) in [6.45, 7) is 3.83. The molecule has 0 saturated heterocycles. The number of likely N-dealkylation sites (N-methyl/N-ethyl adjacent to an activating group) is 1. The van der Waals surface area contributed by atoms with Crippen LogP contribution >= 0.6 is 0 Å². The highest BCUT2D eigenvalue weighted by molar-refractivity contribution is 5.87. The van der Waals surface area contributed by atoms with Crippen LogP contribution in [0.2, 0.25) is 0 Å². The summed E-state index contributed by atoms with van der Waals surface area (Å²) in [6.07, 6.45) is 1.61. The number of carbonyl (C=O) groups excluding carboxylic acids is 1. The van der Waals surface area contributed by atoms with Crippen molar-refractivity contribution >= 4 is 5.91 Å². The first-order valence-electron chi connectivity index (χ1n) is 7.57. The van der Waals surface area contributed by atoms with E-state index in [1.807, 2.05) is 31.1 Å². The van der Waals surface area contributed by atoms with E-state index in [4.69, 9.17) is 4.42 Å². The number of hydrogen-bond acceptors (Lipinski definition) is 3. The Balaban J connectivity index is 2.10. The van der Waals surface area contributed by atoms with Gasteiger partial charge in [0.05, 0.1) is 17.7 Å². The molecule has 1 amide bonds. The molecule has 0 radical (unpaired) electrons. The molecule has 1 atom stereocenters. The fourth-order valence-electron chi connectivity index (χ4n) is 2.52. The van der Waals surface area contributed by atoms with Gasteiger partial charge in [0.2, 0.25) is 5.91 Å². The Morgan fingerprint density at radius 2 is 1.96 bits per heavy atom. The second kappa shape index (κ2) is 6.96. The monoisotopic (exact) mass is 318 g/mol. The van der Waals surface area contributed by atoms with Crippen molar-refractivity contribution in [3.63, 3.8) is 0 Å². The SMILES string of the molecule is CN(C)[C@@H](CNC(=O)C(C)(C)c1ccccc1F)c1ccco1. The molecule has 4 nitrogen and oxygen atoms in total. The lowest BCUT2D eigenvalue weighted by Crippen LogP contribution is -2.43. The lowest BCUT2D eigenvalue weighted by atomic mass is 9.83. The zero-order valence-electron chi connectivity index (χ0n) is 14.0. The van der Waals surface area contributed by atoms with Gasteiger partial charge in [-0.05, 0) is 46.1 Å². The first kappa shape index (κ1) is 17.2. The maximum atomic E-state index is 14.0. The summed E-state index contributed by atoms with van der Waals surface area (Å²) in [7, 11) is 3.84. The largest absolute Gasteiger partial charge is 0.468 e. The van der Waals surface area contributed by atoms with Crippen LogP contribution in [0.1, 0.15) is 31.2 Å². The van der Waals surface area contributed by atoms with Gasteiger partial charge in [-0.2, -0.15) is 0 Å². The van der Waals surface area contributed by atoms with Gasteiger partial charge in [0.1, 0.15) is 11.6 Å². The average Bonchev–Trinajstić information content (AvgIpc) is 3.01. The number of nitrogens with zero attached hydrogens (tertiary/aromatic N) is 1. The zero-order valence-corrected chi connectivity index (χ0v) is 14.0. The molecule has 0 aliphatic rings. The van der Waals surface area contributed by atoms with Crippen LogP contribution in [-0.2, 0) is 10.2 Å². The number of rotatable bonds is 6. The fraction of sp³-hybridized carbons (Fsp3) is 0.389. The Bertz CT molecular complexity index is 651. The third-order valence-electron chi connectivity index (χ3n) is 4.07. The number of nitrogens with one attached hydrogen (secondary N) is 1. The van der Waals surface area contributed by atoms with Gasteiger partial charge in [-0.3, -0.25) is 9.69 Å². The average molecular weight is 318 g/mol. The summed E-state index contributed by atoms with van der Waals surface area (Å²) in [5, 5.41) is 2.91. The standard InChI is InChI=1S/C18H23FN2O2/c1-18(2,13-8-5-6-9-14(13)19)17(22)20-12-15(21(3)4)16-10-7-11-23-16/h5-11,15H,12H2,1-4H3,(H,20,22)/t15-/m0/s1. The zero-order chi connectivity index (χ0) is 17.0. The lowest BCUT2D eigenvalue weighted by molar-refractivity contribution is -0.126. The van der Waals surface area contributed by atoms with Crippen LogP contribution in [0, 0.1) is 5.82 Å². The van der Waals surface area contributed by atoms with E-state index in [1.54, 1.807) is 38.3 Å². The Morgan fingerprint density at radius 1 is 1.26 bits per heavy atom. The van der Waals surface area contributed by atoms with Gasteiger partial charge in [0, 0.05) is 12.1 Å². The molecule has 2 aromatic rings. The van der Waals surface area contributed by atoms with Crippen molar-refractivity contribution in [2.75, 3.05) is 20.6 Å². The van der Waals surface area contributed by atoms with Crippen molar-refractivity contribution in [1.29, 1.82) is 0 Å². The number of furan rings is 1. The highest BCUT2D eigenvalue weighted by atomic mass is 19.1. The minimum absolute atomic E-state index is 0.0784. The van der Waals surface area contributed by atoms with Crippen molar-refractivity contribution in [3.05, 3.63) is 59.8 Å². The van der Waals surface area contributed by atoms with Crippen LogP contribution < -0.4 is 5.32 Å². The van der Waals surface area contributed by atoms with Gasteiger partial charge < -0.3 is 9.73 Å². The van der Waals surface area contributed by atoms with Crippen LogP contribution in [-0.4, -0.2) is 31.4 Å². The van der Waals surface area contributed by atoms with Gasteiger partial charge in [0.15, 0.2) is 0 Å². The Morgan fingerprint density at radius 3 is 2.52 bits per heavy atom. The molecule has 124 valence electrons. The quantitative estimate of drug-likeness (QED) is 0.890. The predicted molar refractivity (Wildman–Crippen MR) is 87.6 cm³/mol. The van der Waals surface area contributed by atoms with Gasteiger partial charge in [-0.25, -0.2) is 4.39 Å². The molecular formula is C18H23FN2O2. The molecule has 0 spiro atoms. The molecule has 1 aromatic carbocycles. The summed E-state index contributed by atoms with van der Waals surface area (Å²) >= 11 is 0. The summed E-state index contributed by atoms with van der Waals surface area (Å²) in [5.74, 6) is 0.183. The Kier molecular flexibility index (Phi) is 5.21. The van der Waals surface area contributed by atoms with E-state index in [9.17, 15) is 9.18 Å². The highest BCUT2D eigenvalue weighted by Crippen LogP contribution is 2.26. The summed E-state index contributed by atoms with van der Waals surface area (Å²) in [6, 6.07) is 9.98. The third-order valence-corrected chi connectivity index (χ3v) is 4.07. The summed E-state index contributed by atoms with van der Waals surface area (Å²) in [5.41, 5.74) is -0.567. The van der Waals surface area contributed by atoms with Crippen LogP contribution in [0.5, 0.6) is 0 Å². The molecule has 0 saturated carbocycles. The van der Waals surface area contributed by atoms with Crippen LogP contribution in [0.3, 0.4) is 0 Å². The van der Waals surface area contributed by atoms with Gasteiger partial charge in [-0.1, -0.05) is 18.2 Å². The molecule has 0 aliphatic carbocycles. The van der Waals surface area contributed by atoms with Crippen LogP contribution in [0.25, 0.3) is 0 Å². The first-order valence-corrected chi connectivity index (χ1v) is 7.57.